The van der Waals surface area contributed by atoms with Crippen molar-refractivity contribution >= 4 is 29.5 Å². The number of benzene rings is 1. The molecule has 1 spiro atoms. The lowest BCUT2D eigenvalue weighted by atomic mass is 9.78. The number of thioether (sulfide) groups is 1. The van der Waals surface area contributed by atoms with Gasteiger partial charge in [0.25, 0.3) is 0 Å². The molecular formula is C25H28N2O5S. The Bertz CT molecular complexity index is 1020. The first-order chi connectivity index (χ1) is 15.9. The van der Waals surface area contributed by atoms with E-state index < -0.39 is 34.6 Å². The van der Waals surface area contributed by atoms with Gasteiger partial charge < -0.3 is 19.6 Å². The second-order valence-electron chi connectivity index (χ2n) is 9.24. The summed E-state index contributed by atoms with van der Waals surface area (Å²) in [5, 5.41) is 10.2. The smallest absolute Gasteiger partial charge is 0.311 e. The van der Waals surface area contributed by atoms with Crippen LogP contribution < -0.4 is 0 Å². The van der Waals surface area contributed by atoms with Gasteiger partial charge in [-0.2, -0.15) is 0 Å². The topological polar surface area (TPSA) is 87.2 Å². The standard InChI is InChI=1S/C25H28N2O5S/c1-15(2)26-12-7-11-25-20(19-18(33-25)10-6-13-32-24(19)31)22(29)27(21(25)23(26)30)17(14-28)16-8-4-3-5-9-16/h3-11,15,17-21,28H,12-14H2,1-2H3/t17-,18-,19+,20+,21?,25+/m1/s1. The number of esters is 1. The summed E-state index contributed by atoms with van der Waals surface area (Å²) in [7, 11) is 0. The molecule has 4 aliphatic rings. The van der Waals surface area contributed by atoms with Crippen LogP contribution in [0.1, 0.15) is 25.5 Å². The third-order valence-corrected chi connectivity index (χ3v) is 8.94. The molecule has 5 rings (SSSR count). The van der Waals surface area contributed by atoms with E-state index in [2.05, 4.69) is 0 Å². The summed E-state index contributed by atoms with van der Waals surface area (Å²) in [5.41, 5.74) is 0.755. The molecule has 6 atom stereocenters. The number of rotatable bonds is 4. The van der Waals surface area contributed by atoms with Crippen molar-refractivity contribution in [3.05, 3.63) is 60.2 Å². The van der Waals surface area contributed by atoms with Crippen molar-refractivity contribution in [2.24, 2.45) is 11.8 Å². The van der Waals surface area contributed by atoms with Crippen molar-refractivity contribution in [3.8, 4) is 0 Å². The third-order valence-electron chi connectivity index (χ3n) is 7.20. The lowest BCUT2D eigenvalue weighted by Gasteiger charge is -2.39. The fraction of sp³-hybridized carbons (Fsp3) is 0.480. The van der Waals surface area contributed by atoms with E-state index in [1.165, 1.54) is 11.8 Å². The van der Waals surface area contributed by atoms with Gasteiger partial charge in [0.2, 0.25) is 11.8 Å². The first-order valence-electron chi connectivity index (χ1n) is 11.4. The molecule has 0 saturated carbocycles. The monoisotopic (exact) mass is 468 g/mol. The Morgan fingerprint density at radius 3 is 2.61 bits per heavy atom. The summed E-state index contributed by atoms with van der Waals surface area (Å²) in [4.78, 5) is 44.5. The molecular weight excluding hydrogens is 440 g/mol. The van der Waals surface area contributed by atoms with Crippen LogP contribution in [0, 0.1) is 11.8 Å². The third kappa shape index (κ3) is 3.26. The lowest BCUT2D eigenvalue weighted by molar-refractivity contribution is -0.152. The molecule has 1 aromatic carbocycles. The van der Waals surface area contributed by atoms with Crippen molar-refractivity contribution < 1.29 is 24.2 Å². The van der Waals surface area contributed by atoms with Crippen LogP contribution in [0.15, 0.2) is 54.6 Å². The van der Waals surface area contributed by atoms with Gasteiger partial charge in [-0.15, -0.1) is 11.8 Å². The number of nitrogens with zero attached hydrogens (tertiary/aromatic N) is 2. The number of amides is 2. The number of fused-ring (bicyclic) bond motifs is 2. The first-order valence-corrected chi connectivity index (χ1v) is 12.3. The molecule has 174 valence electrons. The van der Waals surface area contributed by atoms with Crippen molar-refractivity contribution in [3.63, 3.8) is 0 Å². The van der Waals surface area contributed by atoms with Gasteiger partial charge in [0.1, 0.15) is 12.6 Å². The predicted molar refractivity (Wildman–Crippen MR) is 124 cm³/mol. The second kappa shape index (κ2) is 8.33. The maximum Gasteiger partial charge on any atom is 0.311 e. The number of carbonyl (C=O) groups excluding carboxylic acids is 3. The molecule has 4 heterocycles. The van der Waals surface area contributed by atoms with Crippen LogP contribution in [0.25, 0.3) is 0 Å². The average molecular weight is 469 g/mol. The number of likely N-dealkylation sites (tertiary alicyclic amines) is 1. The van der Waals surface area contributed by atoms with Crippen LogP contribution in [0.4, 0.5) is 0 Å². The van der Waals surface area contributed by atoms with Crippen LogP contribution in [0.5, 0.6) is 0 Å². The van der Waals surface area contributed by atoms with Crippen molar-refractivity contribution in [2.75, 3.05) is 19.8 Å². The molecule has 2 amide bonds. The predicted octanol–water partition coefficient (Wildman–Crippen LogP) is 1.94. The molecule has 1 aromatic rings. The van der Waals surface area contributed by atoms with E-state index in [0.29, 0.717) is 6.54 Å². The van der Waals surface area contributed by atoms with E-state index in [1.54, 1.807) is 9.80 Å². The molecule has 0 radical (unpaired) electrons. The van der Waals surface area contributed by atoms with Crippen molar-refractivity contribution in [1.82, 2.24) is 9.80 Å². The largest absolute Gasteiger partial charge is 0.461 e. The summed E-state index contributed by atoms with van der Waals surface area (Å²) < 4.78 is 4.49. The lowest BCUT2D eigenvalue weighted by Crippen LogP contribution is -2.55. The summed E-state index contributed by atoms with van der Waals surface area (Å²) in [6.45, 7) is 4.21. The normalized spacial score (nSPS) is 34.0. The molecule has 1 N–H and O–H groups in total. The van der Waals surface area contributed by atoms with Gasteiger partial charge in [-0.05, 0) is 19.4 Å². The first kappa shape index (κ1) is 22.2. The van der Waals surface area contributed by atoms with Crippen LogP contribution >= 0.6 is 11.8 Å². The number of hydrogen-bond acceptors (Lipinski definition) is 6. The highest BCUT2D eigenvalue weighted by atomic mass is 32.2. The van der Waals surface area contributed by atoms with E-state index in [1.807, 2.05) is 68.5 Å². The minimum absolute atomic E-state index is 0.0562. The van der Waals surface area contributed by atoms with Gasteiger partial charge in [-0.3, -0.25) is 14.4 Å². The zero-order chi connectivity index (χ0) is 23.3. The molecule has 33 heavy (non-hydrogen) atoms. The maximum atomic E-state index is 14.1. The average Bonchev–Trinajstić information content (AvgIpc) is 3.09. The second-order valence-corrected chi connectivity index (χ2v) is 10.7. The number of aliphatic hydroxyl groups is 1. The van der Waals surface area contributed by atoms with Crippen molar-refractivity contribution in [2.45, 2.75) is 42.0 Å². The molecule has 4 aliphatic heterocycles. The van der Waals surface area contributed by atoms with E-state index in [9.17, 15) is 19.5 Å². The van der Waals surface area contributed by atoms with E-state index in [-0.39, 0.29) is 36.3 Å². The Hall–Kier alpha value is -2.58. The van der Waals surface area contributed by atoms with Crippen molar-refractivity contribution in [1.29, 1.82) is 0 Å². The minimum atomic E-state index is -0.907. The Balaban J connectivity index is 1.68. The summed E-state index contributed by atoms with van der Waals surface area (Å²) in [5.74, 6) is -2.25. The Morgan fingerprint density at radius 1 is 1.15 bits per heavy atom. The molecule has 1 unspecified atom stereocenters. The molecule has 2 fully saturated rings. The molecule has 0 aliphatic carbocycles. The highest BCUT2D eigenvalue weighted by molar-refractivity contribution is 8.02. The SMILES string of the molecule is CC(C)N1CC=C[C@]23S[C@@H]4C=CCOC(=O)[C@@H]4[C@H]2C(=O)N([C@H](CO)c2ccccc2)C3C1=O. The summed E-state index contributed by atoms with van der Waals surface area (Å²) in [6, 6.07) is 7.70. The summed E-state index contributed by atoms with van der Waals surface area (Å²) in [6.07, 6.45) is 7.67. The van der Waals surface area contributed by atoms with Crippen LogP contribution in [0.3, 0.4) is 0 Å². The van der Waals surface area contributed by atoms with Gasteiger partial charge in [-0.1, -0.05) is 54.6 Å². The Kier molecular flexibility index (Phi) is 5.61. The number of carbonyl (C=O) groups is 3. The molecule has 8 heteroatoms. The van der Waals surface area contributed by atoms with Gasteiger partial charge in [0.15, 0.2) is 0 Å². The Morgan fingerprint density at radius 2 is 1.91 bits per heavy atom. The van der Waals surface area contributed by atoms with Crippen LogP contribution in [0.2, 0.25) is 0 Å². The van der Waals surface area contributed by atoms with Gasteiger partial charge >= 0.3 is 5.97 Å². The molecule has 0 aromatic heterocycles. The fourth-order valence-corrected chi connectivity index (χ4v) is 7.74. The van der Waals surface area contributed by atoms with E-state index in [0.717, 1.165) is 5.56 Å². The van der Waals surface area contributed by atoms with Crippen LogP contribution in [-0.2, 0) is 19.1 Å². The highest BCUT2D eigenvalue weighted by Crippen LogP contribution is 2.62. The quantitative estimate of drug-likeness (QED) is 0.537. The number of aliphatic hydroxyl groups excluding tert-OH is 1. The molecule has 0 bridgehead atoms. The van der Waals surface area contributed by atoms with Crippen LogP contribution in [-0.4, -0.2) is 74.5 Å². The molecule has 7 nitrogen and oxygen atoms in total. The van der Waals surface area contributed by atoms with E-state index >= 15 is 0 Å². The fourth-order valence-electron chi connectivity index (χ4n) is 5.76. The van der Waals surface area contributed by atoms with Gasteiger partial charge in [-0.25, -0.2) is 0 Å². The summed E-state index contributed by atoms with van der Waals surface area (Å²) >= 11 is 1.51. The van der Waals surface area contributed by atoms with Gasteiger partial charge in [0, 0.05) is 17.8 Å². The van der Waals surface area contributed by atoms with Gasteiger partial charge in [0.05, 0.1) is 29.2 Å². The zero-order valence-electron chi connectivity index (χ0n) is 18.7. The highest BCUT2D eigenvalue weighted by Gasteiger charge is 2.72. The number of ether oxygens (including phenoxy) is 1. The minimum Gasteiger partial charge on any atom is -0.461 e. The number of cyclic esters (lactones) is 1. The number of hydrogen-bond donors (Lipinski definition) is 1. The maximum absolute atomic E-state index is 14.1. The molecule has 2 saturated heterocycles. The van der Waals surface area contributed by atoms with E-state index in [4.69, 9.17) is 4.74 Å². The Labute approximate surface area is 197 Å². The zero-order valence-corrected chi connectivity index (χ0v) is 19.5.